The van der Waals surface area contributed by atoms with Crippen LogP contribution in [-0.2, 0) is 5.41 Å². The second kappa shape index (κ2) is 7.88. The monoisotopic (exact) mass is 409 g/mol. The van der Waals surface area contributed by atoms with E-state index in [1.54, 1.807) is 31.6 Å². The fourth-order valence-corrected chi connectivity index (χ4v) is 4.54. The van der Waals surface area contributed by atoms with Crippen molar-refractivity contribution < 1.29 is 9.53 Å². The number of pyridine rings is 2. The van der Waals surface area contributed by atoms with Gasteiger partial charge in [-0.2, -0.15) is 0 Å². The number of benzene rings is 1. The van der Waals surface area contributed by atoms with Gasteiger partial charge < -0.3 is 9.64 Å². The van der Waals surface area contributed by atoms with Gasteiger partial charge in [0, 0.05) is 59.3 Å². The van der Waals surface area contributed by atoms with Gasteiger partial charge in [-0.05, 0) is 38.0 Å². The van der Waals surface area contributed by atoms with Crippen molar-refractivity contribution in [2.75, 3.05) is 19.7 Å². The summed E-state index contributed by atoms with van der Waals surface area (Å²) in [6.07, 6.45) is 7.07. The number of nitrogens with zero attached hydrogens (tertiary/aromatic N) is 3. The Morgan fingerprint density at radius 3 is 2.68 bits per heavy atom. The van der Waals surface area contributed by atoms with Gasteiger partial charge in [0.1, 0.15) is 11.4 Å². The molecule has 31 heavy (non-hydrogen) atoms. The predicted molar refractivity (Wildman–Crippen MR) is 119 cm³/mol. The van der Waals surface area contributed by atoms with Crippen LogP contribution in [0.2, 0.25) is 0 Å². The number of aromatic nitrogens is 2. The molecule has 1 spiro atoms. The van der Waals surface area contributed by atoms with Gasteiger partial charge in [0.05, 0.1) is 6.61 Å². The van der Waals surface area contributed by atoms with Gasteiger partial charge in [0.25, 0.3) is 5.91 Å². The Hall–Kier alpha value is -3.65. The molecular formula is C26H23N3O2. The molecule has 1 saturated heterocycles. The van der Waals surface area contributed by atoms with E-state index in [-0.39, 0.29) is 11.3 Å². The number of hydrogen-bond donors (Lipinski definition) is 0. The van der Waals surface area contributed by atoms with Crippen LogP contribution in [0.1, 0.15) is 41.4 Å². The topological polar surface area (TPSA) is 55.3 Å². The summed E-state index contributed by atoms with van der Waals surface area (Å²) in [7, 11) is 0. The van der Waals surface area contributed by atoms with Crippen molar-refractivity contribution in [3.8, 4) is 28.7 Å². The lowest BCUT2D eigenvalue weighted by atomic mass is 9.74. The summed E-state index contributed by atoms with van der Waals surface area (Å²) < 4.78 is 5.92. The predicted octanol–water partition coefficient (Wildman–Crippen LogP) is 4.08. The molecule has 3 aromatic rings. The minimum absolute atomic E-state index is 0.0164. The molecule has 0 atom stereocenters. The Balaban J connectivity index is 1.28. The van der Waals surface area contributed by atoms with Gasteiger partial charge in [-0.25, -0.2) is 0 Å². The number of likely N-dealkylation sites (tertiary alicyclic amines) is 1. The number of amides is 1. The molecule has 0 aliphatic carbocycles. The standard InChI is InChI=1S/C26H23N3O2/c1-2-5-19-14-21(16-27-15-19)20-8-9-23(28-17-20)25(30)29-12-10-26(11-13-29)18-31-24-7-4-3-6-22(24)26/h3-4,6-9,14-17H,10-13,18H2,1H3. The molecule has 1 fully saturated rings. The zero-order valence-electron chi connectivity index (χ0n) is 17.5. The first-order valence-corrected chi connectivity index (χ1v) is 10.5. The van der Waals surface area contributed by atoms with Crippen molar-refractivity contribution in [3.63, 3.8) is 0 Å². The fraction of sp³-hybridized carbons (Fsp3) is 0.269. The average Bonchev–Trinajstić information content (AvgIpc) is 3.18. The molecule has 4 heterocycles. The van der Waals surface area contributed by atoms with Crippen molar-refractivity contribution in [2.45, 2.75) is 25.2 Å². The third kappa shape index (κ3) is 3.55. The van der Waals surface area contributed by atoms with E-state index in [1.165, 1.54) is 5.56 Å². The molecule has 5 heteroatoms. The SMILES string of the molecule is CC#Cc1cncc(-c2ccc(C(=O)N3CCC4(CC3)COc3ccccc34)nc2)c1. The van der Waals surface area contributed by atoms with Crippen molar-refractivity contribution in [1.29, 1.82) is 0 Å². The van der Waals surface area contributed by atoms with E-state index in [1.807, 2.05) is 29.2 Å². The number of hydrogen-bond acceptors (Lipinski definition) is 4. The maximum absolute atomic E-state index is 13.0. The van der Waals surface area contributed by atoms with Crippen molar-refractivity contribution in [1.82, 2.24) is 14.9 Å². The van der Waals surface area contributed by atoms with Gasteiger partial charge in [0.15, 0.2) is 0 Å². The number of fused-ring (bicyclic) bond motifs is 2. The van der Waals surface area contributed by atoms with Crippen LogP contribution in [0.15, 0.2) is 61.1 Å². The number of rotatable bonds is 2. The van der Waals surface area contributed by atoms with Crippen LogP contribution in [0.25, 0.3) is 11.1 Å². The van der Waals surface area contributed by atoms with Crippen LogP contribution in [0.3, 0.4) is 0 Å². The number of carbonyl (C=O) groups excluding carboxylic acids is 1. The van der Waals surface area contributed by atoms with Gasteiger partial charge >= 0.3 is 0 Å². The zero-order chi connectivity index (χ0) is 21.3. The fourth-order valence-electron chi connectivity index (χ4n) is 4.54. The Bertz CT molecular complexity index is 1180. The number of ether oxygens (including phenoxy) is 1. The molecule has 0 N–H and O–H groups in total. The molecule has 1 aromatic carbocycles. The van der Waals surface area contributed by atoms with Crippen LogP contribution in [0, 0.1) is 11.8 Å². The summed E-state index contributed by atoms with van der Waals surface area (Å²) in [5, 5.41) is 0. The van der Waals surface area contributed by atoms with Gasteiger partial charge in [-0.15, -0.1) is 5.92 Å². The number of carbonyl (C=O) groups is 1. The average molecular weight is 409 g/mol. The second-order valence-corrected chi connectivity index (χ2v) is 8.13. The third-order valence-electron chi connectivity index (χ3n) is 6.29. The van der Waals surface area contributed by atoms with Crippen LogP contribution in [0.5, 0.6) is 5.75 Å². The summed E-state index contributed by atoms with van der Waals surface area (Å²) >= 11 is 0. The van der Waals surface area contributed by atoms with E-state index in [9.17, 15) is 4.79 Å². The highest BCUT2D eigenvalue weighted by Gasteiger charge is 2.43. The molecule has 0 bridgehead atoms. The largest absolute Gasteiger partial charge is 0.492 e. The highest BCUT2D eigenvalue weighted by Crippen LogP contribution is 2.45. The number of para-hydroxylation sites is 1. The highest BCUT2D eigenvalue weighted by molar-refractivity contribution is 5.92. The van der Waals surface area contributed by atoms with Crippen molar-refractivity contribution in [3.05, 3.63) is 77.9 Å². The zero-order valence-corrected chi connectivity index (χ0v) is 17.5. The molecule has 2 aliphatic heterocycles. The van der Waals surface area contributed by atoms with Gasteiger partial charge in [-0.3, -0.25) is 14.8 Å². The third-order valence-corrected chi connectivity index (χ3v) is 6.29. The van der Waals surface area contributed by atoms with Crippen LogP contribution in [-0.4, -0.2) is 40.5 Å². The Kier molecular flexibility index (Phi) is 4.91. The van der Waals surface area contributed by atoms with E-state index < -0.39 is 0 Å². The molecule has 0 saturated carbocycles. The molecule has 2 aliphatic rings. The summed E-state index contributed by atoms with van der Waals surface area (Å²) in [5.41, 5.74) is 4.50. The minimum Gasteiger partial charge on any atom is -0.492 e. The van der Waals surface area contributed by atoms with E-state index >= 15 is 0 Å². The highest BCUT2D eigenvalue weighted by atomic mass is 16.5. The van der Waals surface area contributed by atoms with Gasteiger partial charge in [0.2, 0.25) is 0 Å². The normalized spacial score (nSPS) is 16.2. The molecule has 154 valence electrons. The lowest BCUT2D eigenvalue weighted by Gasteiger charge is -2.38. The summed E-state index contributed by atoms with van der Waals surface area (Å²) in [5.74, 6) is 6.87. The summed E-state index contributed by atoms with van der Waals surface area (Å²) in [4.78, 5) is 23.6. The first-order chi connectivity index (χ1) is 15.2. The van der Waals surface area contributed by atoms with Crippen LogP contribution < -0.4 is 4.74 Å². The maximum atomic E-state index is 13.0. The summed E-state index contributed by atoms with van der Waals surface area (Å²) in [6.45, 7) is 3.93. The minimum atomic E-state index is -0.0164. The maximum Gasteiger partial charge on any atom is 0.272 e. The first-order valence-electron chi connectivity index (χ1n) is 10.5. The quantitative estimate of drug-likeness (QED) is 0.599. The van der Waals surface area contributed by atoms with E-state index in [2.05, 4.69) is 33.9 Å². The first kappa shape index (κ1) is 19.3. The van der Waals surface area contributed by atoms with E-state index in [0.29, 0.717) is 25.4 Å². The second-order valence-electron chi connectivity index (χ2n) is 8.13. The van der Waals surface area contributed by atoms with E-state index in [0.717, 1.165) is 35.3 Å². The van der Waals surface area contributed by atoms with E-state index in [4.69, 9.17) is 4.74 Å². The Labute approximate surface area is 182 Å². The molecular weight excluding hydrogens is 386 g/mol. The van der Waals surface area contributed by atoms with Crippen molar-refractivity contribution in [2.24, 2.45) is 0 Å². The Morgan fingerprint density at radius 2 is 1.90 bits per heavy atom. The van der Waals surface area contributed by atoms with Crippen molar-refractivity contribution >= 4 is 5.91 Å². The molecule has 2 aromatic heterocycles. The summed E-state index contributed by atoms with van der Waals surface area (Å²) in [6, 6.07) is 14.0. The Morgan fingerprint density at radius 1 is 1.06 bits per heavy atom. The smallest absolute Gasteiger partial charge is 0.272 e. The number of piperidine rings is 1. The lowest BCUT2D eigenvalue weighted by Crippen LogP contribution is -2.46. The van der Waals surface area contributed by atoms with Gasteiger partial charge in [-0.1, -0.05) is 30.2 Å². The van der Waals surface area contributed by atoms with Crippen LogP contribution in [0.4, 0.5) is 0 Å². The molecule has 5 nitrogen and oxygen atoms in total. The molecule has 0 radical (unpaired) electrons. The molecule has 1 amide bonds. The lowest BCUT2D eigenvalue weighted by molar-refractivity contribution is 0.0641. The molecule has 0 unspecified atom stereocenters. The molecule has 5 rings (SSSR count). The van der Waals surface area contributed by atoms with Crippen LogP contribution >= 0.6 is 0 Å².